The second-order valence-corrected chi connectivity index (χ2v) is 14.9. The van der Waals surface area contributed by atoms with Crippen molar-refractivity contribution in [1.82, 2.24) is 19.6 Å². The fourth-order valence-electron chi connectivity index (χ4n) is 4.81. The van der Waals surface area contributed by atoms with Gasteiger partial charge in [0.2, 0.25) is 0 Å². The topological polar surface area (TPSA) is 43.1 Å². The van der Waals surface area contributed by atoms with Gasteiger partial charge in [-0.3, -0.25) is 0 Å². The molecule has 0 aliphatic carbocycles. The van der Waals surface area contributed by atoms with Gasteiger partial charge in [-0.05, 0) is 0 Å². The second kappa shape index (κ2) is 8.02. The monoisotopic (exact) mass is 480 g/mol. The molecule has 0 saturated heterocycles. The molecule has 6 heteroatoms. The molecular weight excluding hydrogens is 459 g/mol. The van der Waals surface area contributed by atoms with E-state index in [0.29, 0.717) is 12.0 Å². The van der Waals surface area contributed by atoms with E-state index >= 15 is 0 Å². The summed E-state index contributed by atoms with van der Waals surface area (Å²) in [4.78, 5) is 9.48. The van der Waals surface area contributed by atoms with Crippen molar-refractivity contribution in [2.45, 2.75) is 6.16 Å². The number of hydrogen-bond acceptors (Lipinski definition) is 3. The summed E-state index contributed by atoms with van der Waals surface area (Å²) in [6.45, 7) is 0. The predicted octanol–water partition coefficient (Wildman–Crippen LogP) is 5.46. The second-order valence-electron chi connectivity index (χ2n) is 8.40. The van der Waals surface area contributed by atoms with Gasteiger partial charge in [0.15, 0.2) is 0 Å². The molecule has 0 amide bonds. The maximum absolute atomic E-state index is 8.18. The zero-order chi connectivity index (χ0) is 23.0. The van der Waals surface area contributed by atoms with Gasteiger partial charge in [0.05, 0.1) is 0 Å². The average Bonchev–Trinajstić information content (AvgIpc) is 3.33. The molecule has 0 aliphatic rings. The molecule has 0 radical (unpaired) electrons. The average molecular weight is 481 g/mol. The summed E-state index contributed by atoms with van der Waals surface area (Å²) >= 11 is 8.18. The standard InChI is InChI=1S/C28H22ClN4P/c29-34(22-11-4-1-5-12-22,23-13-6-2-7-14-23,24-15-8-3-9-16-24)21-27-31-28-25-17-10-19-30-26(25)18-20-33(28)32-27/h1-20H,21H2. The van der Waals surface area contributed by atoms with Gasteiger partial charge in [-0.25, -0.2) is 0 Å². The number of pyridine rings is 2. The van der Waals surface area contributed by atoms with Gasteiger partial charge < -0.3 is 0 Å². The Balaban J connectivity index is 1.66. The van der Waals surface area contributed by atoms with Crippen LogP contribution in [0.1, 0.15) is 5.82 Å². The Morgan fingerprint density at radius 3 is 1.79 bits per heavy atom. The van der Waals surface area contributed by atoms with Gasteiger partial charge in [-0.15, -0.1) is 0 Å². The molecule has 3 aromatic carbocycles. The van der Waals surface area contributed by atoms with Crippen molar-refractivity contribution in [3.05, 3.63) is 127 Å². The van der Waals surface area contributed by atoms with Gasteiger partial charge in [0.25, 0.3) is 0 Å². The van der Waals surface area contributed by atoms with E-state index in [4.69, 9.17) is 21.3 Å². The Hall–Kier alpha value is -3.59. The van der Waals surface area contributed by atoms with Crippen molar-refractivity contribution < 1.29 is 0 Å². The molecule has 6 aromatic rings. The third kappa shape index (κ3) is 3.14. The van der Waals surface area contributed by atoms with Crippen molar-refractivity contribution in [1.29, 1.82) is 0 Å². The molecule has 0 unspecified atom stereocenters. The van der Waals surface area contributed by atoms with Crippen molar-refractivity contribution in [3.8, 4) is 0 Å². The first kappa shape index (κ1) is 21.0. The van der Waals surface area contributed by atoms with Crippen LogP contribution in [0.5, 0.6) is 0 Å². The Morgan fingerprint density at radius 1 is 0.676 bits per heavy atom. The van der Waals surface area contributed by atoms with Crippen LogP contribution in [0.15, 0.2) is 122 Å². The zero-order valence-corrected chi connectivity index (χ0v) is 20.0. The summed E-state index contributed by atoms with van der Waals surface area (Å²) in [5, 5.41) is 9.15. The van der Waals surface area contributed by atoms with E-state index < -0.39 is 5.96 Å². The fraction of sp³-hybridized carbons (Fsp3) is 0.0357. The molecule has 4 nitrogen and oxygen atoms in total. The fourth-order valence-corrected chi connectivity index (χ4v) is 10.6. The van der Waals surface area contributed by atoms with Crippen LogP contribution < -0.4 is 15.9 Å². The Bertz CT molecular complexity index is 1500. The maximum atomic E-state index is 8.18. The molecule has 0 fully saturated rings. The van der Waals surface area contributed by atoms with Crippen molar-refractivity contribution >= 4 is 49.7 Å². The van der Waals surface area contributed by atoms with Gasteiger partial charge >= 0.3 is 203 Å². The first-order chi connectivity index (χ1) is 16.7. The molecule has 0 N–H and O–H groups in total. The number of hydrogen-bond donors (Lipinski definition) is 0. The van der Waals surface area contributed by atoms with E-state index in [2.05, 4.69) is 77.8 Å². The molecule has 3 aromatic heterocycles. The number of fused-ring (bicyclic) bond motifs is 3. The SMILES string of the molecule is ClP(Cc1nc2c3cccnc3ccn2n1)(c1ccccc1)(c1ccccc1)c1ccccc1. The summed E-state index contributed by atoms with van der Waals surface area (Å²) in [6.07, 6.45) is 4.20. The molecule has 0 bridgehead atoms. The predicted molar refractivity (Wildman–Crippen MR) is 143 cm³/mol. The van der Waals surface area contributed by atoms with Crippen LogP contribution in [0.25, 0.3) is 16.6 Å². The van der Waals surface area contributed by atoms with Crippen LogP contribution in [0, 0.1) is 0 Å². The van der Waals surface area contributed by atoms with Crippen LogP contribution in [0.4, 0.5) is 0 Å². The van der Waals surface area contributed by atoms with Gasteiger partial charge in [0.1, 0.15) is 0 Å². The van der Waals surface area contributed by atoms with Crippen LogP contribution in [0.2, 0.25) is 0 Å². The van der Waals surface area contributed by atoms with Gasteiger partial charge in [-0.2, -0.15) is 0 Å². The van der Waals surface area contributed by atoms with Crippen molar-refractivity contribution in [2.24, 2.45) is 0 Å². The van der Waals surface area contributed by atoms with Crippen molar-refractivity contribution in [3.63, 3.8) is 0 Å². The molecule has 166 valence electrons. The summed E-state index contributed by atoms with van der Waals surface area (Å²) in [5.74, 6) is -2.79. The third-order valence-electron chi connectivity index (χ3n) is 6.45. The summed E-state index contributed by atoms with van der Waals surface area (Å²) in [6, 6.07) is 37.2. The van der Waals surface area contributed by atoms with Crippen LogP contribution in [-0.4, -0.2) is 19.6 Å². The van der Waals surface area contributed by atoms with E-state index in [1.165, 1.54) is 0 Å². The molecule has 0 saturated carbocycles. The zero-order valence-electron chi connectivity index (χ0n) is 18.4. The quantitative estimate of drug-likeness (QED) is 0.308. The minimum atomic E-state index is -3.50. The normalized spacial score (nSPS) is 13.0. The Labute approximate surface area is 202 Å². The molecule has 0 spiro atoms. The van der Waals surface area contributed by atoms with E-state index in [9.17, 15) is 0 Å². The first-order valence-corrected chi connectivity index (χ1v) is 14.5. The van der Waals surface area contributed by atoms with Crippen LogP contribution in [0.3, 0.4) is 0 Å². The Kier molecular flexibility index (Phi) is 4.95. The van der Waals surface area contributed by atoms with E-state index in [0.717, 1.165) is 32.5 Å². The van der Waals surface area contributed by atoms with Gasteiger partial charge in [0, 0.05) is 0 Å². The van der Waals surface area contributed by atoms with Crippen LogP contribution in [-0.2, 0) is 6.16 Å². The van der Waals surface area contributed by atoms with E-state index in [1.54, 1.807) is 6.20 Å². The molecule has 34 heavy (non-hydrogen) atoms. The molecule has 6 rings (SSSR count). The minimum absolute atomic E-state index is 0.495. The third-order valence-corrected chi connectivity index (χ3v) is 13.6. The van der Waals surface area contributed by atoms with E-state index in [1.807, 2.05) is 47.1 Å². The number of aromatic nitrogens is 4. The van der Waals surface area contributed by atoms with Crippen molar-refractivity contribution in [2.75, 3.05) is 0 Å². The molecule has 3 heterocycles. The number of benzene rings is 3. The summed E-state index contributed by atoms with van der Waals surface area (Å²) in [7, 11) is 0. The number of halogens is 1. The molecule has 0 atom stereocenters. The first-order valence-electron chi connectivity index (χ1n) is 11.2. The Morgan fingerprint density at radius 2 is 1.24 bits per heavy atom. The van der Waals surface area contributed by atoms with Crippen LogP contribution >= 0.6 is 17.2 Å². The summed E-state index contributed by atoms with van der Waals surface area (Å²) in [5.41, 5.74) is 1.68. The van der Waals surface area contributed by atoms with E-state index in [-0.39, 0.29) is 0 Å². The molecule has 0 aliphatic heterocycles. The number of rotatable bonds is 5. The van der Waals surface area contributed by atoms with Gasteiger partial charge in [-0.1, -0.05) is 0 Å². The summed E-state index contributed by atoms with van der Waals surface area (Å²) < 4.78 is 1.83. The molecular formula is C28H22ClN4P. The number of nitrogens with zero attached hydrogens (tertiary/aromatic N) is 4.